The number of hydrogen-bond acceptors (Lipinski definition) is 1. The van der Waals surface area contributed by atoms with E-state index in [0.29, 0.717) is 0 Å². The number of rotatable bonds is 6. The molecule has 0 unspecified atom stereocenters. The number of nitrogens with zero attached hydrogens (tertiary/aromatic N) is 1. The third-order valence-corrected chi connectivity index (χ3v) is 4.80. The van der Waals surface area contributed by atoms with E-state index in [1.54, 1.807) is 7.11 Å². The Kier molecular flexibility index (Phi) is 4.69. The van der Waals surface area contributed by atoms with Crippen molar-refractivity contribution in [2.45, 2.75) is 19.4 Å². The number of aromatic amines is 1. The SMILES string of the molecule is COc1ccc(Cc2[nH]c3ccccc3[n+]2CCc2ccccc2)cc1. The number of benzene rings is 3. The van der Waals surface area contributed by atoms with Gasteiger partial charge < -0.3 is 4.74 Å². The van der Waals surface area contributed by atoms with Gasteiger partial charge in [0, 0.05) is 6.42 Å². The van der Waals surface area contributed by atoms with Gasteiger partial charge in [-0.15, -0.1) is 0 Å². The Morgan fingerprint density at radius 2 is 1.54 bits per heavy atom. The predicted molar refractivity (Wildman–Crippen MR) is 104 cm³/mol. The highest BCUT2D eigenvalue weighted by atomic mass is 16.5. The number of methoxy groups -OCH3 is 1. The molecule has 1 N–H and O–H groups in total. The van der Waals surface area contributed by atoms with Gasteiger partial charge in [-0.3, -0.25) is 0 Å². The minimum atomic E-state index is 0.869. The van der Waals surface area contributed by atoms with Crippen LogP contribution in [-0.2, 0) is 19.4 Å². The van der Waals surface area contributed by atoms with Gasteiger partial charge in [0.1, 0.15) is 5.75 Å². The average molecular weight is 343 g/mol. The van der Waals surface area contributed by atoms with Crippen LogP contribution in [0.2, 0.25) is 0 Å². The monoisotopic (exact) mass is 343 g/mol. The first-order valence-corrected chi connectivity index (χ1v) is 9.00. The van der Waals surface area contributed by atoms with Crippen molar-refractivity contribution >= 4 is 11.0 Å². The van der Waals surface area contributed by atoms with Gasteiger partial charge in [-0.25, -0.2) is 9.55 Å². The molecule has 0 aliphatic rings. The third-order valence-electron chi connectivity index (χ3n) is 4.80. The summed E-state index contributed by atoms with van der Waals surface area (Å²) in [5.41, 5.74) is 5.07. The van der Waals surface area contributed by atoms with Gasteiger partial charge in [-0.05, 0) is 35.4 Å². The number of fused-ring (bicyclic) bond motifs is 1. The Balaban J connectivity index is 1.64. The number of hydrogen-bond donors (Lipinski definition) is 1. The summed E-state index contributed by atoms with van der Waals surface area (Å²) >= 11 is 0. The Morgan fingerprint density at radius 3 is 2.31 bits per heavy atom. The second-order valence-electron chi connectivity index (χ2n) is 6.50. The van der Waals surface area contributed by atoms with E-state index in [-0.39, 0.29) is 0 Å². The van der Waals surface area contributed by atoms with Crippen molar-refractivity contribution < 1.29 is 9.30 Å². The molecule has 0 saturated carbocycles. The lowest BCUT2D eigenvalue weighted by Crippen LogP contribution is -2.38. The number of imidazole rings is 1. The molecule has 1 aromatic heterocycles. The standard InChI is InChI=1S/C23H22N2O/c1-26-20-13-11-19(12-14-20)17-23-24-21-9-5-6-10-22(21)25(23)16-15-18-7-3-2-4-8-18/h2-14H,15-17H2,1H3/p+1. The van der Waals surface area contributed by atoms with Gasteiger partial charge in [0.25, 0.3) is 5.82 Å². The van der Waals surface area contributed by atoms with Crippen LogP contribution >= 0.6 is 0 Å². The van der Waals surface area contributed by atoms with E-state index in [1.165, 1.54) is 28.0 Å². The van der Waals surface area contributed by atoms with Crippen LogP contribution in [-0.4, -0.2) is 12.1 Å². The highest BCUT2D eigenvalue weighted by Crippen LogP contribution is 2.16. The van der Waals surface area contributed by atoms with Crippen molar-refractivity contribution in [1.29, 1.82) is 0 Å². The minimum Gasteiger partial charge on any atom is -0.497 e. The molecule has 4 rings (SSSR count). The van der Waals surface area contributed by atoms with E-state index in [1.807, 2.05) is 12.1 Å². The van der Waals surface area contributed by atoms with Crippen LogP contribution in [0, 0.1) is 0 Å². The fourth-order valence-electron chi connectivity index (χ4n) is 3.40. The summed E-state index contributed by atoms with van der Waals surface area (Å²) in [7, 11) is 1.70. The second kappa shape index (κ2) is 7.44. The van der Waals surface area contributed by atoms with Crippen LogP contribution < -0.4 is 9.30 Å². The highest BCUT2D eigenvalue weighted by Gasteiger charge is 2.18. The van der Waals surface area contributed by atoms with Crippen molar-refractivity contribution in [3.8, 4) is 5.75 Å². The molecule has 0 fully saturated rings. The summed E-state index contributed by atoms with van der Waals surface area (Å²) in [5.74, 6) is 2.12. The van der Waals surface area contributed by atoms with Crippen molar-refractivity contribution in [3.05, 3.63) is 95.8 Å². The maximum Gasteiger partial charge on any atom is 0.259 e. The van der Waals surface area contributed by atoms with E-state index in [2.05, 4.69) is 76.3 Å². The molecule has 0 aliphatic heterocycles. The molecular weight excluding hydrogens is 320 g/mol. The van der Waals surface area contributed by atoms with Gasteiger partial charge >= 0.3 is 0 Å². The summed E-state index contributed by atoms with van der Waals surface area (Å²) in [6.45, 7) is 0.958. The molecule has 0 atom stereocenters. The van der Waals surface area contributed by atoms with E-state index in [4.69, 9.17) is 4.74 Å². The molecule has 0 amide bonds. The molecule has 0 spiro atoms. The number of H-pyrrole nitrogens is 1. The van der Waals surface area contributed by atoms with Crippen LogP contribution in [0.3, 0.4) is 0 Å². The van der Waals surface area contributed by atoms with E-state index < -0.39 is 0 Å². The van der Waals surface area contributed by atoms with Crippen LogP contribution in [0.5, 0.6) is 5.75 Å². The van der Waals surface area contributed by atoms with Crippen LogP contribution in [0.1, 0.15) is 17.0 Å². The zero-order valence-corrected chi connectivity index (χ0v) is 15.0. The molecule has 130 valence electrons. The zero-order chi connectivity index (χ0) is 17.8. The number of aromatic nitrogens is 2. The summed E-state index contributed by atoms with van der Waals surface area (Å²) in [6, 6.07) is 27.5. The Bertz CT molecular complexity index is 988. The van der Waals surface area contributed by atoms with E-state index >= 15 is 0 Å². The van der Waals surface area contributed by atoms with Gasteiger partial charge in [0.2, 0.25) is 0 Å². The van der Waals surface area contributed by atoms with Crippen molar-refractivity contribution in [2.75, 3.05) is 7.11 Å². The van der Waals surface area contributed by atoms with Gasteiger partial charge in [-0.1, -0.05) is 54.6 Å². The fraction of sp³-hybridized carbons (Fsp3) is 0.174. The molecule has 0 bridgehead atoms. The average Bonchev–Trinajstić information content (AvgIpc) is 3.05. The van der Waals surface area contributed by atoms with E-state index in [9.17, 15) is 0 Å². The summed E-state index contributed by atoms with van der Waals surface area (Å²) in [6.07, 6.45) is 1.89. The first kappa shape index (κ1) is 16.4. The Hall–Kier alpha value is -3.07. The van der Waals surface area contributed by atoms with Crippen LogP contribution in [0.4, 0.5) is 0 Å². The summed E-state index contributed by atoms with van der Waals surface area (Å²) in [5, 5.41) is 0. The summed E-state index contributed by atoms with van der Waals surface area (Å²) in [4.78, 5) is 3.61. The van der Waals surface area contributed by atoms with Crippen molar-refractivity contribution in [3.63, 3.8) is 0 Å². The number of para-hydroxylation sites is 2. The second-order valence-corrected chi connectivity index (χ2v) is 6.50. The normalized spacial score (nSPS) is 11.0. The number of nitrogens with one attached hydrogen (secondary N) is 1. The lowest BCUT2D eigenvalue weighted by atomic mass is 10.1. The maximum absolute atomic E-state index is 5.27. The third kappa shape index (κ3) is 3.47. The lowest BCUT2D eigenvalue weighted by Gasteiger charge is -2.04. The molecule has 4 aromatic rings. The minimum absolute atomic E-state index is 0.869. The maximum atomic E-state index is 5.27. The van der Waals surface area contributed by atoms with Gasteiger partial charge in [0.05, 0.1) is 20.1 Å². The molecule has 26 heavy (non-hydrogen) atoms. The molecular formula is C23H23N2O+. The first-order chi connectivity index (χ1) is 12.8. The predicted octanol–water partition coefficient (Wildman–Crippen LogP) is 4.30. The molecule has 0 saturated heterocycles. The van der Waals surface area contributed by atoms with Crippen LogP contribution in [0.15, 0.2) is 78.9 Å². The quantitative estimate of drug-likeness (QED) is 0.520. The first-order valence-electron chi connectivity index (χ1n) is 9.00. The molecule has 0 aliphatic carbocycles. The molecule has 3 heteroatoms. The van der Waals surface area contributed by atoms with E-state index in [0.717, 1.165) is 25.1 Å². The highest BCUT2D eigenvalue weighted by molar-refractivity contribution is 5.71. The molecule has 3 aromatic carbocycles. The van der Waals surface area contributed by atoms with Crippen molar-refractivity contribution in [2.24, 2.45) is 0 Å². The fourth-order valence-corrected chi connectivity index (χ4v) is 3.40. The number of aryl methyl sites for hydroxylation is 2. The zero-order valence-electron chi connectivity index (χ0n) is 15.0. The largest absolute Gasteiger partial charge is 0.497 e. The molecule has 0 radical (unpaired) electrons. The number of ether oxygens (including phenoxy) is 1. The van der Waals surface area contributed by atoms with Crippen LogP contribution in [0.25, 0.3) is 11.0 Å². The van der Waals surface area contributed by atoms with Gasteiger partial charge in [-0.2, -0.15) is 0 Å². The van der Waals surface area contributed by atoms with Gasteiger partial charge in [0.15, 0.2) is 11.0 Å². The summed E-state index contributed by atoms with van der Waals surface area (Å²) < 4.78 is 7.67. The molecule has 1 heterocycles. The van der Waals surface area contributed by atoms with Crippen molar-refractivity contribution in [1.82, 2.24) is 4.98 Å². The Labute approximate surface area is 153 Å². The lowest BCUT2D eigenvalue weighted by molar-refractivity contribution is -0.677. The smallest absolute Gasteiger partial charge is 0.259 e. The molecule has 3 nitrogen and oxygen atoms in total. The Morgan fingerprint density at radius 1 is 0.808 bits per heavy atom. The topological polar surface area (TPSA) is 28.9 Å².